The second-order valence-electron chi connectivity index (χ2n) is 15.6. The molecule has 2 atom stereocenters. The molecule has 0 aliphatic heterocycles. The van der Waals surface area contributed by atoms with Crippen molar-refractivity contribution in [1.29, 1.82) is 0 Å². The molecule has 9 nitrogen and oxygen atoms in total. The highest BCUT2D eigenvalue weighted by Gasteiger charge is 2.26. The fourth-order valence-electron chi connectivity index (χ4n) is 5.80. The van der Waals surface area contributed by atoms with E-state index in [1.54, 1.807) is 0 Å². The first kappa shape index (κ1) is 62.6. The standard InChI is InChI=1S/C57H88NO8P/c1-3-5-7-9-11-13-15-17-19-21-22-23-24-25-26-27-28-29-30-31-32-34-36-38-40-42-44-46-48-50-57(60)66-55(54-65-67(61,62)64-52-51-58)53-63-56(59)49-47-45-43-41-39-37-35-33-20-18-16-14-12-10-8-6-4-2/h5-8,11-14,17-20,22-23,25-26,28-29,31-32,35-38,42,44,55H,3-4,9-10,15-16,21,24,27,30,33-34,39-41,43,45-54,58H2,1-2H3,(H,61,62)/b7-5-,8-6-,13-11-,14-12-,19-17-,20-18-,23-22-,26-25-,29-28-,32-31-,37-35-,38-36-,44-42-. The van der Waals surface area contributed by atoms with Crippen LogP contribution in [0, 0.1) is 0 Å². The van der Waals surface area contributed by atoms with Gasteiger partial charge in [0.05, 0.1) is 13.2 Å². The molecule has 0 aromatic heterocycles. The number of carbonyl (C=O) groups excluding carboxylic acids is 2. The molecule has 0 rings (SSSR count). The summed E-state index contributed by atoms with van der Waals surface area (Å²) in [7, 11) is -4.42. The van der Waals surface area contributed by atoms with E-state index < -0.39 is 32.5 Å². The van der Waals surface area contributed by atoms with E-state index in [0.29, 0.717) is 19.3 Å². The summed E-state index contributed by atoms with van der Waals surface area (Å²) in [6, 6.07) is 0. The molecule has 374 valence electrons. The van der Waals surface area contributed by atoms with Gasteiger partial charge in [-0.1, -0.05) is 185 Å². The van der Waals surface area contributed by atoms with E-state index in [0.717, 1.165) is 109 Å². The molecule has 2 unspecified atom stereocenters. The van der Waals surface area contributed by atoms with E-state index in [9.17, 15) is 19.0 Å². The van der Waals surface area contributed by atoms with Crippen LogP contribution in [-0.4, -0.2) is 49.3 Å². The molecule has 0 amide bonds. The number of unbranched alkanes of at least 4 members (excludes halogenated alkanes) is 5. The van der Waals surface area contributed by atoms with Gasteiger partial charge < -0.3 is 20.1 Å². The van der Waals surface area contributed by atoms with Crippen LogP contribution in [0.2, 0.25) is 0 Å². The van der Waals surface area contributed by atoms with Gasteiger partial charge in [0.2, 0.25) is 0 Å². The third-order valence-corrected chi connectivity index (χ3v) is 10.4. The molecular formula is C57H88NO8P. The number of hydrogen-bond donors (Lipinski definition) is 2. The molecule has 0 heterocycles. The van der Waals surface area contributed by atoms with Crippen molar-refractivity contribution >= 4 is 19.8 Å². The highest BCUT2D eigenvalue weighted by Crippen LogP contribution is 2.43. The lowest BCUT2D eigenvalue weighted by molar-refractivity contribution is -0.161. The monoisotopic (exact) mass is 946 g/mol. The van der Waals surface area contributed by atoms with Gasteiger partial charge in [-0.05, 0) is 116 Å². The third-order valence-electron chi connectivity index (χ3n) is 9.41. The Labute approximate surface area is 407 Å². The van der Waals surface area contributed by atoms with Crippen LogP contribution in [0.3, 0.4) is 0 Å². The summed E-state index contributed by atoms with van der Waals surface area (Å²) < 4.78 is 32.8. The summed E-state index contributed by atoms with van der Waals surface area (Å²) in [6.45, 7) is 3.37. The number of carbonyl (C=O) groups is 2. The molecule has 0 aromatic carbocycles. The van der Waals surface area contributed by atoms with E-state index in [4.69, 9.17) is 24.3 Å². The summed E-state index contributed by atoms with van der Waals surface area (Å²) >= 11 is 0. The van der Waals surface area contributed by atoms with Crippen LogP contribution in [0.4, 0.5) is 0 Å². The first-order valence-electron chi connectivity index (χ1n) is 25.0. The minimum absolute atomic E-state index is 0.0305. The Kier molecular flexibility index (Phi) is 47.7. The molecule has 0 aliphatic carbocycles. The molecular weight excluding hydrogens is 858 g/mol. The summed E-state index contributed by atoms with van der Waals surface area (Å²) in [4.78, 5) is 35.0. The number of phosphoric acid groups is 1. The van der Waals surface area contributed by atoms with E-state index in [-0.39, 0.29) is 32.6 Å². The average Bonchev–Trinajstić information content (AvgIpc) is 3.32. The van der Waals surface area contributed by atoms with E-state index >= 15 is 0 Å². The summed E-state index contributed by atoms with van der Waals surface area (Å²) in [5.74, 6) is -0.944. The molecule has 0 bridgehead atoms. The largest absolute Gasteiger partial charge is 0.472 e. The van der Waals surface area contributed by atoms with Gasteiger partial charge in [0.15, 0.2) is 6.10 Å². The van der Waals surface area contributed by atoms with Crippen molar-refractivity contribution in [2.45, 2.75) is 161 Å². The number of rotatable bonds is 44. The Balaban J connectivity index is 4.27. The molecule has 3 N–H and O–H groups in total. The fourth-order valence-corrected chi connectivity index (χ4v) is 6.57. The SMILES string of the molecule is CC/C=C\C/C=C\C/C=C\C/C=C\C/C=C\C/C=C\C/C=C\C/C=C\C/C=C\CCCC(=O)OC(COC(=O)CCCCCC/C=C\C/C=C\C/C=C\C/C=C\CC)COP(=O)(O)OCCN. The van der Waals surface area contributed by atoms with Gasteiger partial charge >= 0.3 is 19.8 Å². The van der Waals surface area contributed by atoms with Gasteiger partial charge in [0.25, 0.3) is 0 Å². The zero-order chi connectivity index (χ0) is 48.8. The number of ether oxygens (including phenoxy) is 2. The maximum Gasteiger partial charge on any atom is 0.472 e. The molecule has 0 aromatic rings. The summed E-state index contributed by atoms with van der Waals surface area (Å²) in [5.41, 5.74) is 5.36. The lowest BCUT2D eigenvalue weighted by Crippen LogP contribution is -2.29. The minimum atomic E-state index is -4.42. The van der Waals surface area contributed by atoms with Crippen LogP contribution in [0.15, 0.2) is 158 Å². The van der Waals surface area contributed by atoms with Crippen LogP contribution >= 0.6 is 7.82 Å². The van der Waals surface area contributed by atoms with Gasteiger partial charge in [0.1, 0.15) is 6.61 Å². The van der Waals surface area contributed by atoms with E-state index in [1.807, 2.05) is 6.08 Å². The maximum atomic E-state index is 12.6. The Morgan fingerprint density at radius 3 is 1.18 bits per heavy atom. The smallest absolute Gasteiger partial charge is 0.462 e. The number of hydrogen-bond acceptors (Lipinski definition) is 8. The average molecular weight is 946 g/mol. The predicted molar refractivity (Wildman–Crippen MR) is 283 cm³/mol. The molecule has 0 saturated carbocycles. The second kappa shape index (κ2) is 51.0. The molecule has 0 radical (unpaired) electrons. The van der Waals surface area contributed by atoms with Crippen LogP contribution in [-0.2, 0) is 32.7 Å². The van der Waals surface area contributed by atoms with Gasteiger partial charge in [-0.25, -0.2) is 4.57 Å². The predicted octanol–water partition coefficient (Wildman–Crippen LogP) is 15.4. The number of nitrogens with two attached hydrogens (primary N) is 1. The van der Waals surface area contributed by atoms with Crippen molar-refractivity contribution in [2.24, 2.45) is 5.73 Å². The van der Waals surface area contributed by atoms with Gasteiger partial charge in [0, 0.05) is 19.4 Å². The minimum Gasteiger partial charge on any atom is -0.462 e. The van der Waals surface area contributed by atoms with Crippen LogP contribution < -0.4 is 5.73 Å². The normalized spacial score (nSPS) is 14.5. The Morgan fingerprint density at radius 2 is 0.791 bits per heavy atom. The van der Waals surface area contributed by atoms with Gasteiger partial charge in [-0.2, -0.15) is 0 Å². The zero-order valence-electron chi connectivity index (χ0n) is 41.3. The second-order valence-corrected chi connectivity index (χ2v) is 17.0. The van der Waals surface area contributed by atoms with Gasteiger partial charge in [-0.3, -0.25) is 18.6 Å². The quantitative estimate of drug-likeness (QED) is 0.0265. The van der Waals surface area contributed by atoms with Crippen molar-refractivity contribution in [2.75, 3.05) is 26.4 Å². The molecule has 67 heavy (non-hydrogen) atoms. The van der Waals surface area contributed by atoms with Crippen molar-refractivity contribution in [3.8, 4) is 0 Å². The molecule has 0 saturated heterocycles. The fraction of sp³-hybridized carbons (Fsp3) is 0.509. The summed E-state index contributed by atoms with van der Waals surface area (Å²) in [6.07, 6.45) is 74.3. The third kappa shape index (κ3) is 50.9. The van der Waals surface area contributed by atoms with Crippen LogP contribution in [0.25, 0.3) is 0 Å². The lowest BCUT2D eigenvalue weighted by Gasteiger charge is -2.19. The van der Waals surface area contributed by atoms with Crippen molar-refractivity contribution in [3.05, 3.63) is 158 Å². The first-order chi connectivity index (χ1) is 32.8. The molecule has 0 fully saturated rings. The Hall–Kier alpha value is -4.37. The van der Waals surface area contributed by atoms with E-state index in [2.05, 4.69) is 166 Å². The highest BCUT2D eigenvalue weighted by atomic mass is 31.2. The summed E-state index contributed by atoms with van der Waals surface area (Å²) in [5, 5.41) is 0. The maximum absolute atomic E-state index is 12.6. The van der Waals surface area contributed by atoms with Crippen molar-refractivity contribution < 1.29 is 37.6 Å². The molecule has 0 spiro atoms. The first-order valence-corrected chi connectivity index (χ1v) is 26.5. The molecule has 10 heteroatoms. The van der Waals surface area contributed by atoms with Gasteiger partial charge in [-0.15, -0.1) is 0 Å². The highest BCUT2D eigenvalue weighted by molar-refractivity contribution is 7.47. The topological polar surface area (TPSA) is 134 Å². The van der Waals surface area contributed by atoms with E-state index in [1.165, 1.54) is 0 Å². The zero-order valence-corrected chi connectivity index (χ0v) is 42.2. The van der Waals surface area contributed by atoms with Crippen LogP contribution in [0.1, 0.15) is 155 Å². The lowest BCUT2D eigenvalue weighted by atomic mass is 10.1. The number of phosphoric ester groups is 1. The Morgan fingerprint density at radius 1 is 0.448 bits per heavy atom. The van der Waals surface area contributed by atoms with Crippen LogP contribution in [0.5, 0.6) is 0 Å². The molecule has 0 aliphatic rings. The Bertz CT molecular complexity index is 1640. The van der Waals surface area contributed by atoms with Crippen molar-refractivity contribution in [3.63, 3.8) is 0 Å². The number of allylic oxidation sites excluding steroid dienone is 26. The number of esters is 2. The van der Waals surface area contributed by atoms with Crippen molar-refractivity contribution in [1.82, 2.24) is 0 Å².